The van der Waals surface area contributed by atoms with Crippen molar-refractivity contribution in [1.29, 1.82) is 0 Å². The van der Waals surface area contributed by atoms with Crippen LogP contribution in [0.4, 0.5) is 0 Å². The van der Waals surface area contributed by atoms with Gasteiger partial charge in [0.2, 0.25) is 11.4 Å². The third-order valence-corrected chi connectivity index (χ3v) is 8.52. The molecule has 2 aromatic rings. The van der Waals surface area contributed by atoms with Gasteiger partial charge in [0.15, 0.2) is 0 Å². The number of halogens is 1. The van der Waals surface area contributed by atoms with Crippen LogP contribution in [-0.2, 0) is 20.3 Å². The number of methoxy groups -OCH3 is 1. The summed E-state index contributed by atoms with van der Waals surface area (Å²) in [5.41, 5.74) is 4.42. The first-order valence-electron chi connectivity index (χ1n) is 8.03. The van der Waals surface area contributed by atoms with Crippen LogP contribution in [0.25, 0.3) is 10.4 Å². The van der Waals surface area contributed by atoms with Crippen LogP contribution in [-0.4, -0.2) is 49.9 Å². The van der Waals surface area contributed by atoms with Gasteiger partial charge in [-0.3, -0.25) is 4.98 Å². The fourth-order valence-electron chi connectivity index (χ4n) is 3.31. The Balaban J connectivity index is 1.87. The molecule has 0 bridgehead atoms. The van der Waals surface area contributed by atoms with Crippen molar-refractivity contribution in [2.45, 2.75) is 17.4 Å². The van der Waals surface area contributed by atoms with Crippen molar-refractivity contribution >= 4 is 38.9 Å². The van der Waals surface area contributed by atoms with E-state index in [2.05, 4.69) is 9.98 Å². The molecule has 11 heteroatoms. The number of thiophene rings is 1. The summed E-state index contributed by atoms with van der Waals surface area (Å²) in [5, 5.41) is 0.421. The molecule has 0 amide bonds. The normalized spacial score (nSPS) is 26.6. The summed E-state index contributed by atoms with van der Waals surface area (Å²) in [6.07, 6.45) is 3.67. The molecular weight excluding hydrogens is 412 g/mol. The Morgan fingerprint density at radius 1 is 1.44 bits per heavy atom. The minimum Gasteiger partial charge on any atom is -0.495 e. The number of nitrogens with two attached hydrogens (primary N) is 1. The van der Waals surface area contributed by atoms with E-state index in [4.69, 9.17) is 26.8 Å². The van der Waals surface area contributed by atoms with Crippen LogP contribution in [0.3, 0.4) is 0 Å². The number of fused-ring (bicyclic) bond motifs is 1. The van der Waals surface area contributed by atoms with E-state index in [1.807, 2.05) is 6.07 Å². The lowest BCUT2D eigenvalue weighted by Gasteiger charge is -2.37. The highest BCUT2D eigenvalue weighted by Crippen LogP contribution is 2.51. The number of rotatable bonds is 3. The van der Waals surface area contributed by atoms with Gasteiger partial charge >= 0.3 is 0 Å². The average molecular weight is 429 g/mol. The van der Waals surface area contributed by atoms with E-state index < -0.39 is 21.0 Å². The van der Waals surface area contributed by atoms with E-state index in [0.29, 0.717) is 22.1 Å². The Hall–Kier alpha value is -1.88. The second-order valence-corrected chi connectivity index (χ2v) is 9.73. The maximum Gasteiger partial charge on any atom is 0.267 e. The molecule has 144 valence electrons. The molecular formula is C16H17ClN4O4S2. The zero-order chi connectivity index (χ0) is 19.4. The first-order chi connectivity index (χ1) is 12.8. The molecule has 27 heavy (non-hydrogen) atoms. The minimum absolute atomic E-state index is 0.0780. The molecule has 1 unspecified atom stereocenters. The summed E-state index contributed by atoms with van der Waals surface area (Å²) in [5.74, 6) is 0.536. The van der Waals surface area contributed by atoms with Gasteiger partial charge in [-0.05, 0) is 12.1 Å². The lowest BCUT2D eigenvalue weighted by molar-refractivity contribution is 0.135. The molecule has 1 saturated heterocycles. The van der Waals surface area contributed by atoms with Gasteiger partial charge in [0.25, 0.3) is 10.0 Å². The molecule has 2 N–H and O–H groups in total. The molecule has 4 heterocycles. The standard InChI is InChI=1S/C16H17ClN4O4S2/c1-21-15(18)20-16(3-4-25-14(16)27(21,22)23)13-11(17)6-12(26-13)9-5-10(24-2)8-19-7-9/h5-8,14H,3-4H2,1-2H3,(H2,18,20)/t14?,16-/m1/s1. The number of pyridine rings is 1. The van der Waals surface area contributed by atoms with Crippen LogP contribution in [0.2, 0.25) is 5.02 Å². The predicted octanol–water partition coefficient (Wildman–Crippen LogP) is 2.00. The molecule has 1 fully saturated rings. The fraction of sp³-hybridized carbons (Fsp3) is 0.375. The molecule has 2 aliphatic rings. The van der Waals surface area contributed by atoms with Gasteiger partial charge in [-0.15, -0.1) is 11.3 Å². The van der Waals surface area contributed by atoms with Crippen molar-refractivity contribution < 1.29 is 17.9 Å². The third kappa shape index (κ3) is 2.70. The maximum atomic E-state index is 12.8. The van der Waals surface area contributed by atoms with Crippen molar-refractivity contribution in [1.82, 2.24) is 9.29 Å². The highest BCUT2D eigenvalue weighted by atomic mass is 35.5. The number of hydrogen-bond donors (Lipinski definition) is 1. The van der Waals surface area contributed by atoms with Crippen LogP contribution in [0, 0.1) is 0 Å². The highest BCUT2D eigenvalue weighted by Gasteiger charge is 2.58. The smallest absolute Gasteiger partial charge is 0.267 e. The summed E-state index contributed by atoms with van der Waals surface area (Å²) in [4.78, 5) is 10.1. The van der Waals surface area contributed by atoms with Gasteiger partial charge in [-0.1, -0.05) is 11.6 Å². The van der Waals surface area contributed by atoms with E-state index in [1.165, 1.54) is 18.4 Å². The van der Waals surface area contributed by atoms with Crippen molar-refractivity contribution in [2.75, 3.05) is 20.8 Å². The summed E-state index contributed by atoms with van der Waals surface area (Å²) in [6.45, 7) is 0.249. The van der Waals surface area contributed by atoms with Crippen molar-refractivity contribution in [3.05, 3.63) is 34.4 Å². The van der Waals surface area contributed by atoms with E-state index in [1.54, 1.807) is 25.6 Å². The first-order valence-corrected chi connectivity index (χ1v) is 10.7. The Labute approximate surface area is 165 Å². The summed E-state index contributed by atoms with van der Waals surface area (Å²) in [7, 11) is -0.879. The molecule has 8 nitrogen and oxygen atoms in total. The quantitative estimate of drug-likeness (QED) is 0.801. The number of aromatic nitrogens is 1. The van der Waals surface area contributed by atoms with E-state index in [9.17, 15) is 8.42 Å². The molecule has 4 rings (SSSR count). The summed E-state index contributed by atoms with van der Waals surface area (Å²) >= 11 is 7.88. The van der Waals surface area contributed by atoms with Crippen molar-refractivity contribution in [3.8, 4) is 16.2 Å². The number of nitrogens with zero attached hydrogens (tertiary/aromatic N) is 3. The van der Waals surface area contributed by atoms with E-state index in [0.717, 1.165) is 14.7 Å². The zero-order valence-electron chi connectivity index (χ0n) is 14.5. The largest absolute Gasteiger partial charge is 0.495 e. The number of ether oxygens (including phenoxy) is 2. The van der Waals surface area contributed by atoms with Crippen molar-refractivity contribution in [3.63, 3.8) is 0 Å². The molecule has 0 aromatic carbocycles. The van der Waals surface area contributed by atoms with E-state index >= 15 is 0 Å². The van der Waals surface area contributed by atoms with Crippen LogP contribution in [0.5, 0.6) is 5.75 Å². The molecule has 0 spiro atoms. The summed E-state index contributed by atoms with van der Waals surface area (Å²) < 4.78 is 37.4. The monoisotopic (exact) mass is 428 g/mol. The number of sulfonamides is 1. The maximum absolute atomic E-state index is 12.8. The van der Waals surface area contributed by atoms with Crippen LogP contribution in [0.1, 0.15) is 11.3 Å². The molecule has 0 saturated carbocycles. The van der Waals surface area contributed by atoms with Crippen LogP contribution in [0.15, 0.2) is 29.5 Å². The van der Waals surface area contributed by atoms with Crippen LogP contribution >= 0.6 is 22.9 Å². The number of aliphatic imine (C=N–C) groups is 1. The zero-order valence-corrected chi connectivity index (χ0v) is 16.9. The highest BCUT2D eigenvalue weighted by molar-refractivity contribution is 7.90. The van der Waals surface area contributed by atoms with Crippen LogP contribution < -0.4 is 10.5 Å². The fourth-order valence-corrected chi connectivity index (χ4v) is 6.69. The lowest BCUT2D eigenvalue weighted by atomic mass is 9.97. The second-order valence-electron chi connectivity index (χ2n) is 6.26. The minimum atomic E-state index is -3.81. The van der Waals surface area contributed by atoms with Gasteiger partial charge in [-0.25, -0.2) is 17.7 Å². The number of hydrogen-bond acceptors (Lipinski definition) is 8. The second kappa shape index (κ2) is 6.33. The van der Waals surface area contributed by atoms with Gasteiger partial charge in [0.1, 0.15) is 11.3 Å². The van der Waals surface area contributed by atoms with Gasteiger partial charge in [0.05, 0.1) is 29.8 Å². The third-order valence-electron chi connectivity index (χ3n) is 4.74. The van der Waals surface area contributed by atoms with Gasteiger partial charge < -0.3 is 15.2 Å². The molecule has 2 aliphatic heterocycles. The van der Waals surface area contributed by atoms with Gasteiger partial charge in [0, 0.05) is 30.1 Å². The number of guanidine groups is 1. The van der Waals surface area contributed by atoms with E-state index in [-0.39, 0.29) is 12.6 Å². The Morgan fingerprint density at radius 3 is 2.96 bits per heavy atom. The Kier molecular flexibility index (Phi) is 4.34. The van der Waals surface area contributed by atoms with Gasteiger partial charge in [-0.2, -0.15) is 0 Å². The molecule has 2 atom stereocenters. The topological polar surface area (TPSA) is 107 Å². The molecule has 2 aromatic heterocycles. The Bertz CT molecular complexity index is 1040. The average Bonchev–Trinajstić information content (AvgIpc) is 3.25. The molecule has 0 aliphatic carbocycles. The van der Waals surface area contributed by atoms with Crippen molar-refractivity contribution in [2.24, 2.45) is 10.7 Å². The summed E-state index contributed by atoms with van der Waals surface area (Å²) in [6, 6.07) is 3.61. The predicted molar refractivity (Wildman–Crippen MR) is 103 cm³/mol. The molecule has 0 radical (unpaired) electrons. The SMILES string of the molecule is COc1cncc(-c2cc(Cl)c([C@]34CCOC3S(=O)(=O)N(C)C(N)=N4)s2)c1. The first kappa shape index (κ1) is 18.5. The lowest BCUT2D eigenvalue weighted by Crippen LogP contribution is -2.55. The Morgan fingerprint density at radius 2 is 2.22 bits per heavy atom.